The second-order valence-electron chi connectivity index (χ2n) is 3.84. The van der Waals surface area contributed by atoms with Gasteiger partial charge in [-0.1, -0.05) is 12.1 Å². The van der Waals surface area contributed by atoms with Crippen LogP contribution in [0.3, 0.4) is 0 Å². The van der Waals surface area contributed by atoms with Crippen LogP contribution < -0.4 is 5.73 Å². The molecule has 0 amide bonds. The van der Waals surface area contributed by atoms with Crippen molar-refractivity contribution in [1.29, 1.82) is 0 Å². The zero-order chi connectivity index (χ0) is 12.4. The monoisotopic (exact) mass is 233 g/mol. The van der Waals surface area contributed by atoms with Gasteiger partial charge in [-0.05, 0) is 19.9 Å². The van der Waals surface area contributed by atoms with E-state index in [1.165, 1.54) is 0 Å². The molecule has 4 heteroatoms. The Labute approximate surface area is 99.3 Å². The number of aryl methyl sites for hydroxylation is 1. The topological polar surface area (TPSA) is 65.5 Å². The van der Waals surface area contributed by atoms with Crippen LogP contribution in [0.2, 0.25) is 0 Å². The molecule has 4 nitrogen and oxygen atoms in total. The number of rotatable bonds is 3. The summed E-state index contributed by atoms with van der Waals surface area (Å²) in [4.78, 5) is 11.5. The number of benzene rings is 1. The van der Waals surface area contributed by atoms with Gasteiger partial charge >= 0.3 is 5.97 Å². The number of carbonyl (C=O) groups is 1. The van der Waals surface area contributed by atoms with Gasteiger partial charge in [0, 0.05) is 10.9 Å². The van der Waals surface area contributed by atoms with Gasteiger partial charge in [0.15, 0.2) is 5.58 Å². The van der Waals surface area contributed by atoms with E-state index in [2.05, 4.69) is 0 Å². The van der Waals surface area contributed by atoms with E-state index in [0.717, 1.165) is 10.9 Å². The molecule has 0 aliphatic heterocycles. The summed E-state index contributed by atoms with van der Waals surface area (Å²) < 4.78 is 10.5. The molecule has 0 aliphatic carbocycles. The Morgan fingerprint density at radius 2 is 2.24 bits per heavy atom. The Morgan fingerprint density at radius 1 is 1.47 bits per heavy atom. The van der Waals surface area contributed by atoms with Crippen LogP contribution in [0.5, 0.6) is 0 Å². The van der Waals surface area contributed by atoms with Crippen molar-refractivity contribution in [2.24, 2.45) is 0 Å². The molecule has 2 rings (SSSR count). The van der Waals surface area contributed by atoms with E-state index in [1.807, 2.05) is 19.1 Å². The number of anilines is 1. The molecular formula is C13H15NO3. The summed E-state index contributed by atoms with van der Waals surface area (Å²) >= 11 is 0. The molecule has 0 saturated heterocycles. The van der Waals surface area contributed by atoms with E-state index < -0.39 is 0 Å². The molecule has 17 heavy (non-hydrogen) atoms. The largest absolute Gasteiger partial charge is 0.466 e. The fraction of sp³-hybridized carbons (Fsp3) is 0.308. The van der Waals surface area contributed by atoms with Gasteiger partial charge in [-0.2, -0.15) is 0 Å². The van der Waals surface area contributed by atoms with E-state index >= 15 is 0 Å². The summed E-state index contributed by atoms with van der Waals surface area (Å²) in [6.07, 6.45) is 0.218. The molecule has 0 unspecified atom stereocenters. The Hall–Kier alpha value is -1.97. The standard InChI is InChI=1S/C13H15NO3/c1-3-16-12(15)7-10-8(2)17-13-9(10)5-4-6-11(13)14/h4-6H,3,7,14H2,1-2H3. The molecule has 0 saturated carbocycles. The summed E-state index contributed by atoms with van der Waals surface area (Å²) in [5.41, 5.74) is 7.90. The molecule has 90 valence electrons. The molecule has 0 aliphatic rings. The molecule has 0 fully saturated rings. The van der Waals surface area contributed by atoms with Gasteiger partial charge in [-0.25, -0.2) is 0 Å². The van der Waals surface area contributed by atoms with Crippen molar-refractivity contribution >= 4 is 22.6 Å². The smallest absolute Gasteiger partial charge is 0.310 e. The first-order chi connectivity index (χ1) is 8.13. The lowest BCUT2D eigenvalue weighted by atomic mass is 10.1. The molecular weight excluding hydrogens is 218 g/mol. The van der Waals surface area contributed by atoms with E-state index in [9.17, 15) is 4.79 Å². The van der Waals surface area contributed by atoms with Crippen molar-refractivity contribution < 1.29 is 13.9 Å². The highest BCUT2D eigenvalue weighted by Gasteiger charge is 2.16. The number of nitrogen functional groups attached to an aromatic ring is 1. The first-order valence-corrected chi connectivity index (χ1v) is 5.55. The summed E-state index contributed by atoms with van der Waals surface area (Å²) in [5, 5.41) is 0.885. The van der Waals surface area contributed by atoms with Gasteiger partial charge in [-0.15, -0.1) is 0 Å². The van der Waals surface area contributed by atoms with E-state index in [0.29, 0.717) is 23.6 Å². The van der Waals surface area contributed by atoms with Crippen LogP contribution in [-0.2, 0) is 16.0 Å². The summed E-state index contributed by atoms with van der Waals surface area (Å²) in [6.45, 7) is 4.00. The van der Waals surface area contributed by atoms with Crippen LogP contribution in [-0.4, -0.2) is 12.6 Å². The number of para-hydroxylation sites is 1. The Bertz CT molecular complexity index is 557. The van der Waals surface area contributed by atoms with Crippen molar-refractivity contribution in [3.05, 3.63) is 29.5 Å². The van der Waals surface area contributed by atoms with Crippen LogP contribution in [0, 0.1) is 6.92 Å². The predicted molar refractivity (Wildman–Crippen MR) is 65.7 cm³/mol. The molecule has 1 aromatic carbocycles. The number of hydrogen-bond donors (Lipinski definition) is 1. The number of ether oxygens (including phenoxy) is 1. The minimum atomic E-state index is -0.249. The number of carbonyl (C=O) groups excluding carboxylic acids is 1. The molecule has 1 aromatic heterocycles. The third kappa shape index (κ3) is 2.11. The Morgan fingerprint density at radius 3 is 2.94 bits per heavy atom. The lowest BCUT2D eigenvalue weighted by Gasteiger charge is -2.01. The number of esters is 1. The minimum absolute atomic E-state index is 0.218. The second-order valence-corrected chi connectivity index (χ2v) is 3.84. The van der Waals surface area contributed by atoms with Gasteiger partial charge < -0.3 is 14.9 Å². The fourth-order valence-corrected chi connectivity index (χ4v) is 1.89. The molecule has 1 heterocycles. The van der Waals surface area contributed by atoms with Gasteiger partial charge in [0.2, 0.25) is 0 Å². The zero-order valence-corrected chi connectivity index (χ0v) is 9.95. The van der Waals surface area contributed by atoms with Gasteiger partial charge in [0.05, 0.1) is 18.7 Å². The fourth-order valence-electron chi connectivity index (χ4n) is 1.89. The molecule has 2 aromatic rings. The van der Waals surface area contributed by atoms with Crippen LogP contribution in [0.1, 0.15) is 18.2 Å². The highest BCUT2D eigenvalue weighted by molar-refractivity contribution is 5.93. The summed E-state index contributed by atoms with van der Waals surface area (Å²) in [6, 6.07) is 5.53. The van der Waals surface area contributed by atoms with Crippen molar-refractivity contribution in [3.63, 3.8) is 0 Å². The SMILES string of the molecule is CCOC(=O)Cc1c(C)oc2c(N)cccc12. The maximum Gasteiger partial charge on any atom is 0.310 e. The number of hydrogen-bond acceptors (Lipinski definition) is 4. The van der Waals surface area contributed by atoms with Crippen molar-refractivity contribution in [2.45, 2.75) is 20.3 Å². The number of fused-ring (bicyclic) bond motifs is 1. The Balaban J connectivity index is 2.43. The highest BCUT2D eigenvalue weighted by Crippen LogP contribution is 2.29. The second kappa shape index (κ2) is 4.49. The lowest BCUT2D eigenvalue weighted by Crippen LogP contribution is -2.07. The number of furan rings is 1. The maximum absolute atomic E-state index is 11.5. The van der Waals surface area contributed by atoms with E-state index in [-0.39, 0.29) is 12.4 Å². The zero-order valence-electron chi connectivity index (χ0n) is 9.95. The summed E-state index contributed by atoms with van der Waals surface area (Å²) in [5.74, 6) is 0.465. The van der Waals surface area contributed by atoms with E-state index in [4.69, 9.17) is 14.9 Å². The van der Waals surface area contributed by atoms with Crippen LogP contribution in [0.4, 0.5) is 5.69 Å². The maximum atomic E-state index is 11.5. The summed E-state index contributed by atoms with van der Waals surface area (Å²) in [7, 11) is 0. The lowest BCUT2D eigenvalue weighted by molar-refractivity contribution is -0.142. The first-order valence-electron chi connectivity index (χ1n) is 5.55. The normalized spacial score (nSPS) is 10.7. The predicted octanol–water partition coefficient (Wildman–Crippen LogP) is 2.43. The Kier molecular flexibility index (Phi) is 3.04. The van der Waals surface area contributed by atoms with Crippen LogP contribution in [0.25, 0.3) is 11.0 Å². The average Bonchev–Trinajstić information content (AvgIpc) is 2.58. The third-order valence-electron chi connectivity index (χ3n) is 2.68. The first kappa shape index (κ1) is 11.5. The molecule has 0 bridgehead atoms. The average molecular weight is 233 g/mol. The van der Waals surface area contributed by atoms with Crippen LogP contribution in [0.15, 0.2) is 22.6 Å². The minimum Gasteiger partial charge on any atom is -0.466 e. The van der Waals surface area contributed by atoms with E-state index in [1.54, 1.807) is 13.0 Å². The molecule has 0 spiro atoms. The van der Waals surface area contributed by atoms with Crippen molar-refractivity contribution in [1.82, 2.24) is 0 Å². The third-order valence-corrected chi connectivity index (χ3v) is 2.68. The molecule has 0 radical (unpaired) electrons. The quantitative estimate of drug-likeness (QED) is 0.653. The number of nitrogens with two attached hydrogens (primary N) is 1. The molecule has 0 atom stereocenters. The van der Waals surface area contributed by atoms with Crippen molar-refractivity contribution in [3.8, 4) is 0 Å². The highest BCUT2D eigenvalue weighted by atomic mass is 16.5. The van der Waals surface area contributed by atoms with Crippen LogP contribution >= 0.6 is 0 Å². The van der Waals surface area contributed by atoms with Gasteiger partial charge in [-0.3, -0.25) is 4.79 Å². The molecule has 2 N–H and O–H groups in total. The van der Waals surface area contributed by atoms with Gasteiger partial charge in [0.1, 0.15) is 5.76 Å². The van der Waals surface area contributed by atoms with Gasteiger partial charge in [0.25, 0.3) is 0 Å². The van der Waals surface area contributed by atoms with Crippen molar-refractivity contribution in [2.75, 3.05) is 12.3 Å².